The van der Waals surface area contributed by atoms with Crippen molar-refractivity contribution >= 4 is 11.6 Å². The molecule has 0 aliphatic rings. The predicted octanol–water partition coefficient (Wildman–Crippen LogP) is 4.67. The van der Waals surface area contributed by atoms with E-state index in [0.717, 1.165) is 5.56 Å². The van der Waals surface area contributed by atoms with Crippen molar-refractivity contribution in [2.75, 3.05) is 19.5 Å². The molecular formula is C23H19N3O4. The summed E-state index contributed by atoms with van der Waals surface area (Å²) >= 11 is 0. The SMILES string of the molecule is COc1cccc(C(=O)Nc2cccc(-c3nnc(-c4cccc(OC)c4)o3)c2)c1. The first-order valence-electron chi connectivity index (χ1n) is 9.20. The van der Waals surface area contributed by atoms with Gasteiger partial charge in [-0.2, -0.15) is 0 Å². The molecular weight excluding hydrogens is 382 g/mol. The molecule has 0 saturated carbocycles. The van der Waals surface area contributed by atoms with Crippen LogP contribution < -0.4 is 14.8 Å². The molecule has 0 saturated heterocycles. The van der Waals surface area contributed by atoms with Gasteiger partial charge >= 0.3 is 0 Å². The normalized spacial score (nSPS) is 10.5. The second-order valence-electron chi connectivity index (χ2n) is 6.41. The molecule has 30 heavy (non-hydrogen) atoms. The minimum absolute atomic E-state index is 0.242. The zero-order valence-corrected chi connectivity index (χ0v) is 16.5. The molecule has 0 fully saturated rings. The van der Waals surface area contributed by atoms with Gasteiger partial charge in [-0.1, -0.05) is 18.2 Å². The maximum atomic E-state index is 12.5. The first-order valence-corrected chi connectivity index (χ1v) is 9.20. The summed E-state index contributed by atoms with van der Waals surface area (Å²) in [5, 5.41) is 11.1. The van der Waals surface area contributed by atoms with Gasteiger partial charge in [0.05, 0.1) is 14.2 Å². The molecule has 0 atom stereocenters. The first-order chi connectivity index (χ1) is 14.7. The maximum Gasteiger partial charge on any atom is 0.255 e. The number of hydrogen-bond donors (Lipinski definition) is 1. The first kappa shape index (κ1) is 19.2. The number of methoxy groups -OCH3 is 2. The number of hydrogen-bond acceptors (Lipinski definition) is 6. The van der Waals surface area contributed by atoms with E-state index >= 15 is 0 Å². The molecule has 0 bridgehead atoms. The molecule has 1 N–H and O–H groups in total. The summed E-state index contributed by atoms with van der Waals surface area (Å²) in [6.07, 6.45) is 0. The number of benzene rings is 3. The topological polar surface area (TPSA) is 86.5 Å². The lowest BCUT2D eigenvalue weighted by Gasteiger charge is -2.07. The van der Waals surface area contributed by atoms with Crippen LogP contribution in [0.5, 0.6) is 11.5 Å². The van der Waals surface area contributed by atoms with E-state index in [0.29, 0.717) is 40.1 Å². The highest BCUT2D eigenvalue weighted by Crippen LogP contribution is 2.27. The number of nitrogens with one attached hydrogen (secondary N) is 1. The van der Waals surface area contributed by atoms with Gasteiger partial charge in [0, 0.05) is 22.4 Å². The number of anilines is 1. The largest absolute Gasteiger partial charge is 0.497 e. The monoisotopic (exact) mass is 401 g/mol. The molecule has 0 spiro atoms. The summed E-state index contributed by atoms with van der Waals surface area (Å²) in [6.45, 7) is 0. The van der Waals surface area contributed by atoms with Gasteiger partial charge in [0.2, 0.25) is 11.8 Å². The number of nitrogens with zero attached hydrogens (tertiary/aromatic N) is 2. The zero-order chi connectivity index (χ0) is 20.9. The number of aromatic nitrogens is 2. The smallest absolute Gasteiger partial charge is 0.255 e. The van der Waals surface area contributed by atoms with Crippen molar-refractivity contribution in [1.29, 1.82) is 0 Å². The number of amides is 1. The van der Waals surface area contributed by atoms with E-state index in [2.05, 4.69) is 15.5 Å². The highest BCUT2D eigenvalue weighted by Gasteiger charge is 2.13. The Morgan fingerprint density at radius 1 is 0.800 bits per heavy atom. The van der Waals surface area contributed by atoms with Crippen LogP contribution >= 0.6 is 0 Å². The number of rotatable bonds is 6. The third-order valence-electron chi connectivity index (χ3n) is 4.44. The zero-order valence-electron chi connectivity index (χ0n) is 16.5. The second-order valence-corrected chi connectivity index (χ2v) is 6.41. The summed E-state index contributed by atoms with van der Waals surface area (Å²) in [7, 11) is 3.16. The summed E-state index contributed by atoms with van der Waals surface area (Å²) in [5.74, 6) is 1.82. The summed E-state index contributed by atoms with van der Waals surface area (Å²) in [4.78, 5) is 12.5. The molecule has 1 aromatic heterocycles. The molecule has 7 nitrogen and oxygen atoms in total. The van der Waals surface area contributed by atoms with Gasteiger partial charge in [0.1, 0.15) is 11.5 Å². The fourth-order valence-electron chi connectivity index (χ4n) is 2.91. The molecule has 1 amide bonds. The molecule has 1 heterocycles. The highest BCUT2D eigenvalue weighted by molar-refractivity contribution is 6.04. The van der Waals surface area contributed by atoms with E-state index < -0.39 is 0 Å². The van der Waals surface area contributed by atoms with Crippen LogP contribution in [-0.2, 0) is 0 Å². The Bertz CT molecular complexity index is 1190. The lowest BCUT2D eigenvalue weighted by atomic mass is 10.1. The van der Waals surface area contributed by atoms with Gasteiger partial charge in [-0.3, -0.25) is 4.79 Å². The van der Waals surface area contributed by atoms with Gasteiger partial charge < -0.3 is 19.2 Å². The van der Waals surface area contributed by atoms with Crippen LogP contribution in [0.2, 0.25) is 0 Å². The van der Waals surface area contributed by atoms with Crippen LogP contribution in [-0.4, -0.2) is 30.3 Å². The molecule has 7 heteroatoms. The average molecular weight is 401 g/mol. The van der Waals surface area contributed by atoms with Crippen molar-refractivity contribution in [2.45, 2.75) is 0 Å². The van der Waals surface area contributed by atoms with E-state index in [1.807, 2.05) is 36.4 Å². The molecule has 0 aliphatic carbocycles. The van der Waals surface area contributed by atoms with Gasteiger partial charge in [0.15, 0.2) is 0 Å². The molecule has 4 rings (SSSR count). The van der Waals surface area contributed by atoms with E-state index in [1.54, 1.807) is 50.6 Å². The Kier molecular flexibility index (Phi) is 5.43. The van der Waals surface area contributed by atoms with Crippen LogP contribution in [0, 0.1) is 0 Å². The van der Waals surface area contributed by atoms with Crippen molar-refractivity contribution in [3.05, 3.63) is 78.4 Å². The number of ether oxygens (including phenoxy) is 2. The van der Waals surface area contributed by atoms with Crippen LogP contribution in [0.3, 0.4) is 0 Å². The standard InChI is InChI=1S/C23H19N3O4/c1-28-19-10-4-6-15(13-19)21(27)24-18-9-3-7-16(12-18)22-25-26-23(30-22)17-8-5-11-20(14-17)29-2/h3-14H,1-2H3,(H,24,27). The van der Waals surface area contributed by atoms with Crippen molar-refractivity contribution in [3.8, 4) is 34.4 Å². The number of carbonyl (C=O) groups excluding carboxylic acids is 1. The average Bonchev–Trinajstić information content (AvgIpc) is 3.30. The van der Waals surface area contributed by atoms with Crippen LogP contribution in [0.15, 0.2) is 77.2 Å². The lowest BCUT2D eigenvalue weighted by molar-refractivity contribution is 0.102. The second kappa shape index (κ2) is 8.48. The summed E-state index contributed by atoms with van der Waals surface area (Å²) < 4.78 is 16.2. The van der Waals surface area contributed by atoms with Crippen LogP contribution in [0.25, 0.3) is 22.9 Å². The minimum atomic E-state index is -0.242. The van der Waals surface area contributed by atoms with Crippen molar-refractivity contribution in [3.63, 3.8) is 0 Å². The molecule has 0 unspecified atom stereocenters. The van der Waals surface area contributed by atoms with Crippen LogP contribution in [0.1, 0.15) is 10.4 Å². The summed E-state index contributed by atoms with van der Waals surface area (Å²) in [6, 6.07) is 21.6. The third-order valence-corrected chi connectivity index (χ3v) is 4.44. The summed E-state index contributed by atoms with van der Waals surface area (Å²) in [5.41, 5.74) is 2.56. The Balaban J connectivity index is 1.55. The fraction of sp³-hybridized carbons (Fsp3) is 0.0870. The van der Waals surface area contributed by atoms with E-state index in [9.17, 15) is 4.79 Å². The Morgan fingerprint density at radius 2 is 1.40 bits per heavy atom. The van der Waals surface area contributed by atoms with Gasteiger partial charge in [-0.25, -0.2) is 0 Å². The Hall–Kier alpha value is -4.13. The molecule has 0 radical (unpaired) electrons. The van der Waals surface area contributed by atoms with Crippen molar-refractivity contribution in [1.82, 2.24) is 10.2 Å². The molecule has 4 aromatic rings. The van der Waals surface area contributed by atoms with E-state index in [1.165, 1.54) is 0 Å². The lowest BCUT2D eigenvalue weighted by Crippen LogP contribution is -2.11. The van der Waals surface area contributed by atoms with E-state index in [-0.39, 0.29) is 5.91 Å². The maximum absolute atomic E-state index is 12.5. The Labute approximate surface area is 173 Å². The van der Waals surface area contributed by atoms with Gasteiger partial charge in [0.25, 0.3) is 5.91 Å². The Morgan fingerprint density at radius 3 is 2.10 bits per heavy atom. The molecule has 150 valence electrons. The van der Waals surface area contributed by atoms with Crippen molar-refractivity contribution < 1.29 is 18.7 Å². The molecule has 0 aliphatic heterocycles. The predicted molar refractivity (Wildman–Crippen MR) is 113 cm³/mol. The minimum Gasteiger partial charge on any atom is -0.497 e. The number of carbonyl (C=O) groups is 1. The van der Waals surface area contributed by atoms with Crippen molar-refractivity contribution in [2.24, 2.45) is 0 Å². The van der Waals surface area contributed by atoms with Gasteiger partial charge in [-0.15, -0.1) is 10.2 Å². The third kappa shape index (κ3) is 4.15. The fourth-order valence-corrected chi connectivity index (χ4v) is 2.91. The van der Waals surface area contributed by atoms with Gasteiger partial charge in [-0.05, 0) is 54.6 Å². The van der Waals surface area contributed by atoms with Crippen LogP contribution in [0.4, 0.5) is 5.69 Å². The quantitative estimate of drug-likeness (QED) is 0.505. The highest BCUT2D eigenvalue weighted by atomic mass is 16.5. The van der Waals surface area contributed by atoms with E-state index in [4.69, 9.17) is 13.9 Å². The molecule has 3 aromatic carbocycles.